The van der Waals surface area contributed by atoms with Crippen molar-refractivity contribution in [2.75, 3.05) is 6.54 Å². The summed E-state index contributed by atoms with van der Waals surface area (Å²) in [5, 5.41) is 12.1. The molecular weight excluding hydrogens is 322 g/mol. The van der Waals surface area contributed by atoms with Crippen LogP contribution in [-0.2, 0) is 9.47 Å². The normalized spacial score (nSPS) is 14.3. The van der Waals surface area contributed by atoms with Gasteiger partial charge in [-0.2, -0.15) is 5.26 Å². The van der Waals surface area contributed by atoms with Crippen LogP contribution in [0.5, 0.6) is 0 Å². The van der Waals surface area contributed by atoms with Gasteiger partial charge in [-0.1, -0.05) is 0 Å². The van der Waals surface area contributed by atoms with Crippen LogP contribution in [-0.4, -0.2) is 46.9 Å². The second kappa shape index (κ2) is 8.93. The molecule has 2 amide bonds. The molecule has 7 nitrogen and oxygen atoms in total. The third kappa shape index (κ3) is 9.80. The molecule has 0 aliphatic carbocycles. The van der Waals surface area contributed by atoms with E-state index in [0.717, 1.165) is 0 Å². The lowest BCUT2D eigenvalue weighted by atomic mass is 10.0. The monoisotopic (exact) mass is 355 g/mol. The minimum atomic E-state index is -0.619. The molecule has 0 spiro atoms. The van der Waals surface area contributed by atoms with Crippen LogP contribution in [0.25, 0.3) is 0 Å². The molecule has 1 unspecified atom stereocenters. The van der Waals surface area contributed by atoms with Gasteiger partial charge in [0, 0.05) is 18.6 Å². The van der Waals surface area contributed by atoms with Gasteiger partial charge >= 0.3 is 12.2 Å². The predicted molar refractivity (Wildman–Crippen MR) is 96.0 cm³/mol. The first-order chi connectivity index (χ1) is 11.2. The number of nitrogens with zero attached hydrogens (tertiary/aromatic N) is 2. The van der Waals surface area contributed by atoms with Gasteiger partial charge in [0.2, 0.25) is 0 Å². The lowest BCUT2D eigenvalue weighted by molar-refractivity contribution is 0.0161. The second-order valence-electron chi connectivity index (χ2n) is 8.40. The van der Waals surface area contributed by atoms with E-state index in [4.69, 9.17) is 9.47 Å². The summed E-state index contributed by atoms with van der Waals surface area (Å²) in [7, 11) is 0. The summed E-state index contributed by atoms with van der Waals surface area (Å²) < 4.78 is 10.6. The lowest BCUT2D eigenvalue weighted by Crippen LogP contribution is -2.48. The first-order valence-electron chi connectivity index (χ1n) is 8.55. The molecule has 0 aliphatic heterocycles. The predicted octanol–water partition coefficient (Wildman–Crippen LogP) is 3.68. The van der Waals surface area contributed by atoms with Crippen LogP contribution in [0.3, 0.4) is 0 Å². The number of hydrogen-bond acceptors (Lipinski definition) is 5. The van der Waals surface area contributed by atoms with Gasteiger partial charge in [0.05, 0.1) is 12.0 Å². The average molecular weight is 355 g/mol. The lowest BCUT2D eigenvalue weighted by Gasteiger charge is -2.32. The van der Waals surface area contributed by atoms with Crippen LogP contribution in [0, 0.1) is 17.2 Å². The highest BCUT2D eigenvalue weighted by atomic mass is 16.6. The van der Waals surface area contributed by atoms with E-state index in [2.05, 4.69) is 11.4 Å². The second-order valence-corrected chi connectivity index (χ2v) is 8.40. The maximum absolute atomic E-state index is 12.4. The summed E-state index contributed by atoms with van der Waals surface area (Å²) in [6, 6.07) is 1.53. The molecule has 0 aromatic carbocycles. The molecule has 0 saturated carbocycles. The van der Waals surface area contributed by atoms with Crippen molar-refractivity contribution in [2.24, 2.45) is 5.92 Å². The van der Waals surface area contributed by atoms with E-state index in [1.165, 1.54) is 4.90 Å². The number of hydrogen-bond donors (Lipinski definition) is 1. The largest absolute Gasteiger partial charge is 0.444 e. The van der Waals surface area contributed by atoms with Crippen molar-refractivity contribution < 1.29 is 19.1 Å². The Bertz CT molecular complexity index is 498. The summed E-state index contributed by atoms with van der Waals surface area (Å²) in [5.41, 5.74) is -1.24. The van der Waals surface area contributed by atoms with Gasteiger partial charge in [-0.3, -0.25) is 0 Å². The standard InChI is InChI=1S/C18H33N3O4/c1-12(2)21(16(23)25-18(7,8)9)11-14(10-19)13(3)20-15(22)24-17(4,5)6/h12-14H,11H2,1-9H3,(H,20,22)/t13-,14?/m1/s1. The molecule has 2 atom stereocenters. The molecule has 0 rings (SSSR count). The topological polar surface area (TPSA) is 91.7 Å². The highest BCUT2D eigenvalue weighted by Crippen LogP contribution is 2.15. The van der Waals surface area contributed by atoms with Gasteiger partial charge in [0.25, 0.3) is 0 Å². The smallest absolute Gasteiger partial charge is 0.410 e. The number of nitrogens with one attached hydrogen (secondary N) is 1. The van der Waals surface area contributed by atoms with Gasteiger partial charge in [-0.25, -0.2) is 9.59 Å². The molecular formula is C18H33N3O4. The summed E-state index contributed by atoms with van der Waals surface area (Å²) >= 11 is 0. The van der Waals surface area contributed by atoms with E-state index in [0.29, 0.717) is 0 Å². The molecule has 0 heterocycles. The van der Waals surface area contributed by atoms with Crippen molar-refractivity contribution in [3.63, 3.8) is 0 Å². The van der Waals surface area contributed by atoms with Crippen molar-refractivity contribution in [3.05, 3.63) is 0 Å². The zero-order chi connectivity index (χ0) is 20.0. The van der Waals surface area contributed by atoms with Crippen LogP contribution in [0.1, 0.15) is 62.3 Å². The minimum Gasteiger partial charge on any atom is -0.444 e. The SMILES string of the molecule is CC(C)N(CC(C#N)[C@@H](C)NC(=O)OC(C)(C)C)C(=O)OC(C)(C)C. The fourth-order valence-electron chi connectivity index (χ4n) is 1.93. The Labute approximate surface area is 151 Å². The maximum Gasteiger partial charge on any atom is 0.410 e. The van der Waals surface area contributed by atoms with Crippen molar-refractivity contribution in [1.29, 1.82) is 5.26 Å². The van der Waals surface area contributed by atoms with Gasteiger partial charge in [0.15, 0.2) is 0 Å². The number of amides is 2. The Morgan fingerprint density at radius 2 is 1.52 bits per heavy atom. The van der Waals surface area contributed by atoms with Crippen LogP contribution >= 0.6 is 0 Å². The Morgan fingerprint density at radius 1 is 1.04 bits per heavy atom. The summed E-state index contributed by atoms with van der Waals surface area (Å²) in [6.45, 7) is 16.2. The van der Waals surface area contributed by atoms with Crippen LogP contribution < -0.4 is 5.32 Å². The number of ether oxygens (including phenoxy) is 2. The number of carbonyl (C=O) groups excluding carboxylic acids is 2. The third-order valence-electron chi connectivity index (χ3n) is 3.16. The third-order valence-corrected chi connectivity index (χ3v) is 3.16. The first-order valence-corrected chi connectivity index (χ1v) is 8.55. The van der Waals surface area contributed by atoms with Crippen molar-refractivity contribution in [2.45, 2.75) is 85.6 Å². The van der Waals surface area contributed by atoms with Crippen molar-refractivity contribution in [3.8, 4) is 6.07 Å². The fraction of sp³-hybridized carbons (Fsp3) is 0.833. The molecule has 0 fully saturated rings. The molecule has 0 bridgehead atoms. The van der Waals surface area contributed by atoms with E-state index in [1.54, 1.807) is 48.5 Å². The molecule has 144 valence electrons. The van der Waals surface area contributed by atoms with Gasteiger partial charge in [0.1, 0.15) is 11.2 Å². The highest BCUT2D eigenvalue weighted by molar-refractivity contribution is 5.69. The molecule has 25 heavy (non-hydrogen) atoms. The van der Waals surface area contributed by atoms with E-state index in [1.807, 2.05) is 13.8 Å². The van der Waals surface area contributed by atoms with E-state index >= 15 is 0 Å². The fourth-order valence-corrected chi connectivity index (χ4v) is 1.93. The van der Waals surface area contributed by atoms with Crippen molar-refractivity contribution in [1.82, 2.24) is 10.2 Å². The summed E-state index contributed by atoms with van der Waals surface area (Å²) in [6.07, 6.45) is -1.07. The molecule has 0 aromatic rings. The summed E-state index contributed by atoms with van der Waals surface area (Å²) in [4.78, 5) is 25.7. The zero-order valence-electron chi connectivity index (χ0n) is 17.0. The Morgan fingerprint density at radius 3 is 1.88 bits per heavy atom. The minimum absolute atomic E-state index is 0.139. The molecule has 0 saturated heterocycles. The average Bonchev–Trinajstić information content (AvgIpc) is 2.33. The van der Waals surface area contributed by atoms with Crippen LogP contribution in [0.15, 0.2) is 0 Å². The highest BCUT2D eigenvalue weighted by Gasteiger charge is 2.30. The van der Waals surface area contributed by atoms with Crippen LogP contribution in [0.2, 0.25) is 0 Å². The van der Waals surface area contributed by atoms with E-state index in [-0.39, 0.29) is 12.6 Å². The quantitative estimate of drug-likeness (QED) is 0.812. The molecule has 0 aromatic heterocycles. The first kappa shape index (κ1) is 23.0. The maximum atomic E-state index is 12.4. The summed E-state index contributed by atoms with van der Waals surface area (Å²) in [5.74, 6) is -0.595. The zero-order valence-corrected chi connectivity index (χ0v) is 17.0. The van der Waals surface area contributed by atoms with E-state index in [9.17, 15) is 14.9 Å². The van der Waals surface area contributed by atoms with Gasteiger partial charge in [-0.05, 0) is 62.3 Å². The van der Waals surface area contributed by atoms with Gasteiger partial charge < -0.3 is 19.7 Å². The molecule has 7 heteroatoms. The molecule has 1 N–H and O–H groups in total. The Hall–Kier alpha value is -1.97. The molecule has 0 radical (unpaired) electrons. The number of nitriles is 1. The Kier molecular flexibility index (Phi) is 8.23. The Balaban J connectivity index is 4.98. The van der Waals surface area contributed by atoms with E-state index < -0.39 is 35.3 Å². The number of alkyl carbamates (subject to hydrolysis) is 1. The number of rotatable bonds is 5. The van der Waals surface area contributed by atoms with Crippen LogP contribution in [0.4, 0.5) is 9.59 Å². The molecule has 0 aliphatic rings. The number of carbonyl (C=O) groups is 2. The van der Waals surface area contributed by atoms with Gasteiger partial charge in [-0.15, -0.1) is 0 Å². The van der Waals surface area contributed by atoms with Crippen molar-refractivity contribution >= 4 is 12.2 Å².